The largest absolute Gasteiger partial charge is 0.417 e. The van der Waals surface area contributed by atoms with E-state index in [1.165, 1.54) is 51.4 Å². The molecule has 0 unspecified atom stereocenters. The molecule has 0 aliphatic carbocycles. The lowest BCUT2D eigenvalue weighted by Crippen LogP contribution is -2.40. The van der Waals surface area contributed by atoms with E-state index in [4.69, 9.17) is 10.2 Å². The van der Waals surface area contributed by atoms with Gasteiger partial charge in [0.1, 0.15) is 0 Å². The van der Waals surface area contributed by atoms with E-state index in [0.29, 0.717) is 5.04 Å². The van der Waals surface area contributed by atoms with Crippen LogP contribution in [0.5, 0.6) is 0 Å². The maximum Gasteiger partial charge on any atom is 0.191 e. The van der Waals surface area contributed by atoms with Gasteiger partial charge in [-0.15, -0.1) is 0 Å². The summed E-state index contributed by atoms with van der Waals surface area (Å²) in [6.07, 6.45) is 10.5. The molecule has 0 atom stereocenters. The van der Waals surface area contributed by atoms with Crippen LogP contribution in [0.15, 0.2) is 0 Å². The van der Waals surface area contributed by atoms with E-state index >= 15 is 0 Å². The smallest absolute Gasteiger partial charge is 0.191 e. The van der Waals surface area contributed by atoms with Crippen molar-refractivity contribution in [3.05, 3.63) is 0 Å². The van der Waals surface area contributed by atoms with Gasteiger partial charge in [0.05, 0.1) is 0 Å². The van der Waals surface area contributed by atoms with Crippen molar-refractivity contribution in [2.24, 2.45) is 5.73 Å². The minimum absolute atomic E-state index is 0.343. The van der Waals surface area contributed by atoms with Crippen LogP contribution in [0, 0.1) is 0 Å². The zero-order valence-electron chi connectivity index (χ0n) is 14.1. The fraction of sp³-hybridized carbons (Fsp3) is 1.00. The van der Waals surface area contributed by atoms with Crippen LogP contribution in [0.3, 0.4) is 0 Å². The fourth-order valence-corrected chi connectivity index (χ4v) is 2.94. The zero-order valence-corrected chi connectivity index (χ0v) is 15.1. The molecule has 0 aromatic rings. The second-order valence-electron chi connectivity index (χ2n) is 7.23. The third-order valence-electron chi connectivity index (χ3n) is 4.37. The van der Waals surface area contributed by atoms with Gasteiger partial charge in [-0.3, -0.25) is 0 Å². The highest BCUT2D eigenvalue weighted by Gasteiger charge is 2.36. The topological polar surface area (TPSA) is 35.2 Å². The molecular formula is C16H37NOSi. The summed E-state index contributed by atoms with van der Waals surface area (Å²) in [7, 11) is -1.51. The molecule has 0 saturated carbocycles. The molecular weight excluding hydrogens is 250 g/mol. The number of hydrogen-bond donors (Lipinski definition) is 1. The molecule has 2 nitrogen and oxygen atoms in total. The summed E-state index contributed by atoms with van der Waals surface area (Å²) < 4.78 is 6.18. The van der Waals surface area contributed by atoms with Gasteiger partial charge in [0.15, 0.2) is 8.32 Å². The summed E-state index contributed by atoms with van der Waals surface area (Å²) in [5.74, 6) is 0. The first-order valence-electron chi connectivity index (χ1n) is 8.15. The van der Waals surface area contributed by atoms with Crippen molar-refractivity contribution >= 4 is 8.32 Å². The van der Waals surface area contributed by atoms with E-state index in [2.05, 4.69) is 33.9 Å². The molecule has 19 heavy (non-hydrogen) atoms. The molecule has 0 amide bonds. The molecule has 0 spiro atoms. The van der Waals surface area contributed by atoms with Crippen LogP contribution in [-0.2, 0) is 4.43 Å². The second-order valence-corrected chi connectivity index (χ2v) is 12.0. The van der Waals surface area contributed by atoms with E-state index in [9.17, 15) is 0 Å². The van der Waals surface area contributed by atoms with Crippen molar-refractivity contribution < 1.29 is 4.43 Å². The standard InChI is InChI=1S/C16H37NOSi/c1-16(2,3)19(4,5)18-15-13-11-9-7-6-8-10-12-14-17/h6-15,17H2,1-5H3. The Morgan fingerprint density at radius 2 is 1.21 bits per heavy atom. The molecule has 3 heteroatoms. The predicted octanol–water partition coefficient (Wildman–Crippen LogP) is 5.09. The van der Waals surface area contributed by atoms with Crippen molar-refractivity contribution in [2.75, 3.05) is 13.2 Å². The van der Waals surface area contributed by atoms with Gasteiger partial charge in [0, 0.05) is 6.61 Å². The fourth-order valence-electron chi connectivity index (χ4n) is 1.85. The third kappa shape index (κ3) is 9.64. The average molecular weight is 288 g/mol. The molecule has 0 rings (SSSR count). The van der Waals surface area contributed by atoms with Gasteiger partial charge < -0.3 is 10.2 Å². The highest BCUT2D eigenvalue weighted by atomic mass is 28.4. The van der Waals surface area contributed by atoms with E-state index in [-0.39, 0.29) is 0 Å². The molecule has 0 heterocycles. The summed E-state index contributed by atoms with van der Waals surface area (Å²) in [6.45, 7) is 13.4. The van der Waals surface area contributed by atoms with Crippen LogP contribution >= 0.6 is 0 Å². The molecule has 0 aliphatic rings. The summed E-state index contributed by atoms with van der Waals surface area (Å²) >= 11 is 0. The first-order chi connectivity index (χ1) is 8.81. The normalized spacial score (nSPS) is 12.9. The first kappa shape index (κ1) is 19.1. The monoisotopic (exact) mass is 287 g/mol. The van der Waals surface area contributed by atoms with E-state index in [0.717, 1.165) is 13.2 Å². The van der Waals surface area contributed by atoms with Crippen molar-refractivity contribution in [2.45, 2.75) is 90.3 Å². The van der Waals surface area contributed by atoms with Gasteiger partial charge in [-0.2, -0.15) is 0 Å². The summed E-state index contributed by atoms with van der Waals surface area (Å²) in [5, 5.41) is 0.343. The van der Waals surface area contributed by atoms with Crippen molar-refractivity contribution in [1.29, 1.82) is 0 Å². The van der Waals surface area contributed by atoms with E-state index in [1.807, 2.05) is 0 Å². The zero-order chi connectivity index (χ0) is 14.8. The maximum atomic E-state index is 6.18. The quantitative estimate of drug-likeness (QED) is 0.424. The maximum absolute atomic E-state index is 6.18. The van der Waals surface area contributed by atoms with Crippen molar-refractivity contribution in [3.63, 3.8) is 0 Å². The van der Waals surface area contributed by atoms with Gasteiger partial charge in [-0.25, -0.2) is 0 Å². The molecule has 0 saturated heterocycles. The van der Waals surface area contributed by atoms with Crippen LogP contribution in [0.25, 0.3) is 0 Å². The number of nitrogens with two attached hydrogens (primary N) is 1. The summed E-state index contributed by atoms with van der Waals surface area (Å²) in [5.41, 5.74) is 5.48. The SMILES string of the molecule is CC(C)(C)[Si](C)(C)OCCCCCCCCCCN. The predicted molar refractivity (Wildman–Crippen MR) is 89.1 cm³/mol. The Hall–Kier alpha value is 0.137. The Labute approximate surface area is 122 Å². The van der Waals surface area contributed by atoms with Crippen LogP contribution in [0.1, 0.15) is 72.1 Å². The van der Waals surface area contributed by atoms with Crippen LogP contribution < -0.4 is 5.73 Å². The van der Waals surface area contributed by atoms with Crippen LogP contribution in [0.2, 0.25) is 18.1 Å². The van der Waals surface area contributed by atoms with Crippen molar-refractivity contribution in [3.8, 4) is 0 Å². The second kappa shape index (κ2) is 9.95. The molecule has 0 radical (unpaired) electrons. The molecule has 2 N–H and O–H groups in total. The summed E-state index contributed by atoms with van der Waals surface area (Å²) in [4.78, 5) is 0. The molecule has 0 fully saturated rings. The van der Waals surface area contributed by atoms with Gasteiger partial charge in [-0.05, 0) is 37.5 Å². The highest BCUT2D eigenvalue weighted by Crippen LogP contribution is 2.36. The van der Waals surface area contributed by atoms with Gasteiger partial charge in [0.25, 0.3) is 0 Å². The van der Waals surface area contributed by atoms with Crippen molar-refractivity contribution in [1.82, 2.24) is 0 Å². The lowest BCUT2D eigenvalue weighted by Gasteiger charge is -2.36. The molecule has 0 aliphatic heterocycles. The minimum atomic E-state index is -1.51. The first-order valence-corrected chi connectivity index (χ1v) is 11.1. The van der Waals surface area contributed by atoms with Gasteiger partial charge in [-0.1, -0.05) is 59.3 Å². The van der Waals surface area contributed by atoms with Crippen LogP contribution in [0.4, 0.5) is 0 Å². The molecule has 0 bridgehead atoms. The van der Waals surface area contributed by atoms with Gasteiger partial charge in [0.2, 0.25) is 0 Å². The lowest BCUT2D eigenvalue weighted by molar-refractivity contribution is 0.277. The minimum Gasteiger partial charge on any atom is -0.417 e. The Bertz CT molecular complexity index is 211. The van der Waals surface area contributed by atoms with Gasteiger partial charge >= 0.3 is 0 Å². The highest BCUT2D eigenvalue weighted by molar-refractivity contribution is 6.74. The average Bonchev–Trinajstić information content (AvgIpc) is 2.30. The van der Waals surface area contributed by atoms with E-state index < -0.39 is 8.32 Å². The Balaban J connectivity index is 3.37. The van der Waals surface area contributed by atoms with Crippen LogP contribution in [-0.4, -0.2) is 21.5 Å². The number of rotatable bonds is 11. The Morgan fingerprint density at radius 1 is 0.789 bits per heavy atom. The third-order valence-corrected chi connectivity index (χ3v) is 8.91. The Kier molecular flexibility index (Phi) is 10.0. The number of unbranched alkanes of at least 4 members (excludes halogenated alkanes) is 7. The number of hydrogen-bond acceptors (Lipinski definition) is 2. The lowest BCUT2D eigenvalue weighted by atomic mass is 10.1. The molecule has 0 aromatic carbocycles. The summed E-state index contributed by atoms with van der Waals surface area (Å²) in [6, 6.07) is 0. The Morgan fingerprint density at radius 3 is 1.63 bits per heavy atom. The molecule has 0 aromatic heterocycles. The molecule has 116 valence electrons. The van der Waals surface area contributed by atoms with E-state index in [1.54, 1.807) is 0 Å².